The van der Waals surface area contributed by atoms with Crippen molar-refractivity contribution in [2.45, 2.75) is 44.3 Å². The third-order valence-corrected chi connectivity index (χ3v) is 6.03. The quantitative estimate of drug-likeness (QED) is 0.491. The first-order valence-corrected chi connectivity index (χ1v) is 11.5. The van der Waals surface area contributed by atoms with Crippen LogP contribution >= 0.6 is 11.8 Å². The number of tetrazole rings is 1. The molecule has 3 aromatic heterocycles. The van der Waals surface area contributed by atoms with E-state index in [9.17, 15) is 4.79 Å². The monoisotopic (exact) mass is 434 g/mol. The molecule has 31 heavy (non-hydrogen) atoms. The molecule has 9 nitrogen and oxygen atoms in total. The van der Waals surface area contributed by atoms with Crippen LogP contribution in [0.15, 0.2) is 35.5 Å². The number of hydrogen-bond acceptors (Lipinski definition) is 7. The van der Waals surface area contributed by atoms with Crippen molar-refractivity contribution >= 4 is 34.5 Å². The number of nitrogens with one attached hydrogen (secondary N) is 1. The van der Waals surface area contributed by atoms with Crippen LogP contribution in [0, 0.1) is 6.92 Å². The van der Waals surface area contributed by atoms with Gasteiger partial charge in [0.25, 0.3) is 5.91 Å². The van der Waals surface area contributed by atoms with Gasteiger partial charge in [-0.3, -0.25) is 4.79 Å². The summed E-state index contributed by atoms with van der Waals surface area (Å²) in [6, 6.07) is 9.26. The standard InChI is InChI=1S/C21H22N8OS/c1-13-11-16(18-19(22-13)28-10-5-3-4-9-17(28)24-18)20(30)23-14-7-6-8-15(12-14)29-21(31-2)25-26-27-29/h6-8,11-12H,3-5,9-10H2,1-2H3,(H,23,30). The number of imidazole rings is 1. The Balaban J connectivity index is 1.49. The van der Waals surface area contributed by atoms with Gasteiger partial charge in [-0.15, -0.1) is 5.10 Å². The van der Waals surface area contributed by atoms with Gasteiger partial charge in [0.1, 0.15) is 11.3 Å². The molecule has 0 saturated heterocycles. The predicted octanol–water partition coefficient (Wildman–Crippen LogP) is 3.42. The second-order valence-corrected chi connectivity index (χ2v) is 8.33. The minimum absolute atomic E-state index is 0.206. The van der Waals surface area contributed by atoms with Crippen LogP contribution in [-0.4, -0.2) is 46.9 Å². The van der Waals surface area contributed by atoms with E-state index in [0.717, 1.165) is 48.7 Å². The Morgan fingerprint density at radius 1 is 1.16 bits per heavy atom. The fourth-order valence-electron chi connectivity index (χ4n) is 3.97. The maximum Gasteiger partial charge on any atom is 0.258 e. The lowest BCUT2D eigenvalue weighted by molar-refractivity contribution is 0.102. The highest BCUT2D eigenvalue weighted by atomic mass is 32.2. The fraction of sp³-hybridized carbons (Fsp3) is 0.333. The number of pyridine rings is 1. The summed E-state index contributed by atoms with van der Waals surface area (Å²) < 4.78 is 3.82. The van der Waals surface area contributed by atoms with Crippen molar-refractivity contribution in [3.63, 3.8) is 0 Å². The van der Waals surface area contributed by atoms with Crippen LogP contribution in [0.4, 0.5) is 5.69 Å². The molecule has 1 aromatic carbocycles. The van der Waals surface area contributed by atoms with Gasteiger partial charge in [-0.2, -0.15) is 4.68 Å². The lowest BCUT2D eigenvalue weighted by atomic mass is 10.1. The van der Waals surface area contributed by atoms with Gasteiger partial charge < -0.3 is 9.88 Å². The SMILES string of the molecule is CSc1nnnn1-c1cccc(NC(=O)c2cc(C)nc3c2nc2n3CCCCC2)c1. The Kier molecular flexibility index (Phi) is 5.14. The number of carbonyl (C=O) groups is 1. The highest BCUT2D eigenvalue weighted by Crippen LogP contribution is 2.25. The van der Waals surface area contributed by atoms with E-state index in [-0.39, 0.29) is 5.91 Å². The maximum absolute atomic E-state index is 13.2. The summed E-state index contributed by atoms with van der Waals surface area (Å²) in [6.45, 7) is 2.81. The van der Waals surface area contributed by atoms with Crippen molar-refractivity contribution < 1.29 is 4.79 Å². The number of thioether (sulfide) groups is 1. The molecule has 0 aliphatic carbocycles. The summed E-state index contributed by atoms with van der Waals surface area (Å²) >= 11 is 1.45. The number of fused-ring (bicyclic) bond motifs is 3. The van der Waals surface area contributed by atoms with E-state index in [1.807, 2.05) is 43.5 Å². The molecule has 1 aliphatic rings. The molecule has 4 aromatic rings. The van der Waals surface area contributed by atoms with Crippen molar-refractivity contribution in [3.8, 4) is 5.69 Å². The van der Waals surface area contributed by atoms with Crippen LogP contribution in [0.25, 0.3) is 16.9 Å². The molecule has 158 valence electrons. The molecule has 4 heterocycles. The van der Waals surface area contributed by atoms with Crippen LogP contribution in [0.5, 0.6) is 0 Å². The van der Waals surface area contributed by atoms with Crippen LogP contribution < -0.4 is 5.32 Å². The molecule has 0 spiro atoms. The topological polar surface area (TPSA) is 103 Å². The molecule has 1 aliphatic heterocycles. The molecular formula is C21H22N8OS. The number of hydrogen-bond donors (Lipinski definition) is 1. The third kappa shape index (κ3) is 3.67. The van der Waals surface area contributed by atoms with Crippen LogP contribution in [0.2, 0.25) is 0 Å². The molecule has 0 unspecified atom stereocenters. The predicted molar refractivity (Wildman–Crippen MR) is 119 cm³/mol. The first-order chi connectivity index (χ1) is 15.1. The number of rotatable bonds is 4. The second-order valence-electron chi connectivity index (χ2n) is 7.56. The van der Waals surface area contributed by atoms with E-state index < -0.39 is 0 Å². The summed E-state index contributed by atoms with van der Waals surface area (Å²) in [5, 5.41) is 15.4. The minimum Gasteiger partial charge on any atom is -0.322 e. The van der Waals surface area contributed by atoms with Gasteiger partial charge in [-0.05, 0) is 60.7 Å². The lowest BCUT2D eigenvalue weighted by Gasteiger charge is -2.09. The normalized spacial score (nSPS) is 13.7. The van der Waals surface area contributed by atoms with Crippen LogP contribution in [-0.2, 0) is 13.0 Å². The third-order valence-electron chi connectivity index (χ3n) is 5.41. The first-order valence-electron chi connectivity index (χ1n) is 10.2. The highest BCUT2D eigenvalue weighted by molar-refractivity contribution is 7.98. The zero-order valence-electron chi connectivity index (χ0n) is 17.4. The smallest absolute Gasteiger partial charge is 0.258 e. The van der Waals surface area contributed by atoms with Crippen molar-refractivity contribution in [2.24, 2.45) is 0 Å². The molecule has 1 amide bonds. The van der Waals surface area contributed by atoms with Gasteiger partial charge >= 0.3 is 0 Å². The van der Waals surface area contributed by atoms with Crippen molar-refractivity contribution in [1.29, 1.82) is 0 Å². The number of amides is 1. The van der Waals surface area contributed by atoms with Crippen molar-refractivity contribution in [1.82, 2.24) is 34.7 Å². The van der Waals surface area contributed by atoms with Crippen molar-refractivity contribution in [2.75, 3.05) is 11.6 Å². The largest absolute Gasteiger partial charge is 0.322 e. The van der Waals surface area contributed by atoms with E-state index in [4.69, 9.17) is 9.97 Å². The lowest BCUT2D eigenvalue weighted by Crippen LogP contribution is -2.14. The molecule has 0 radical (unpaired) electrons. The Bertz CT molecular complexity index is 1280. The van der Waals surface area contributed by atoms with E-state index in [2.05, 4.69) is 25.4 Å². The minimum atomic E-state index is -0.206. The number of nitrogens with zero attached hydrogens (tertiary/aromatic N) is 7. The molecule has 0 bridgehead atoms. The number of aryl methyl sites for hydroxylation is 3. The summed E-state index contributed by atoms with van der Waals surface area (Å²) in [7, 11) is 0. The summed E-state index contributed by atoms with van der Waals surface area (Å²) in [5.41, 5.74) is 4.25. The van der Waals surface area contributed by atoms with Crippen LogP contribution in [0.1, 0.15) is 41.1 Å². The highest BCUT2D eigenvalue weighted by Gasteiger charge is 2.21. The number of carbonyl (C=O) groups excluding carboxylic acids is 1. The van der Waals surface area contributed by atoms with Crippen molar-refractivity contribution in [3.05, 3.63) is 47.4 Å². The molecular weight excluding hydrogens is 412 g/mol. The van der Waals surface area contributed by atoms with Gasteiger partial charge in [0.2, 0.25) is 5.16 Å². The Hall–Kier alpha value is -3.27. The molecule has 0 atom stereocenters. The molecule has 10 heteroatoms. The van der Waals surface area contributed by atoms with Gasteiger partial charge in [-0.25, -0.2) is 9.97 Å². The summed E-state index contributed by atoms with van der Waals surface area (Å²) in [6.07, 6.45) is 6.25. The zero-order chi connectivity index (χ0) is 21.4. The van der Waals surface area contributed by atoms with Crippen LogP contribution in [0.3, 0.4) is 0 Å². The fourth-order valence-corrected chi connectivity index (χ4v) is 4.40. The molecule has 1 N–H and O–H groups in total. The van der Waals surface area contributed by atoms with Gasteiger partial charge in [0.05, 0.1) is 11.3 Å². The Morgan fingerprint density at radius 3 is 2.94 bits per heavy atom. The van der Waals surface area contributed by atoms with Gasteiger partial charge in [-0.1, -0.05) is 24.2 Å². The molecule has 0 saturated carbocycles. The Morgan fingerprint density at radius 2 is 2.06 bits per heavy atom. The van der Waals surface area contributed by atoms with E-state index in [1.165, 1.54) is 18.2 Å². The number of benzene rings is 1. The zero-order valence-corrected chi connectivity index (χ0v) is 18.2. The molecule has 0 fully saturated rings. The second kappa shape index (κ2) is 8.10. The molecule has 5 rings (SSSR count). The summed E-state index contributed by atoms with van der Waals surface area (Å²) in [5.74, 6) is 0.813. The number of aromatic nitrogens is 7. The average molecular weight is 435 g/mol. The first kappa shape index (κ1) is 19.7. The van der Waals surface area contributed by atoms with Gasteiger partial charge in [0, 0.05) is 24.3 Å². The number of anilines is 1. The average Bonchev–Trinajstić information content (AvgIpc) is 3.31. The van der Waals surface area contributed by atoms with E-state index in [1.54, 1.807) is 4.68 Å². The van der Waals surface area contributed by atoms with Gasteiger partial charge in [0.15, 0.2) is 5.65 Å². The Labute approximate surface area is 183 Å². The van der Waals surface area contributed by atoms with E-state index >= 15 is 0 Å². The summed E-state index contributed by atoms with van der Waals surface area (Å²) in [4.78, 5) is 22.7. The van der Waals surface area contributed by atoms with E-state index in [0.29, 0.717) is 21.9 Å². The maximum atomic E-state index is 13.2.